The summed E-state index contributed by atoms with van der Waals surface area (Å²) in [5.41, 5.74) is 2.25. The molecule has 7 heteroatoms. The normalized spacial score (nSPS) is 24.0. The molecule has 5 atom stereocenters. The van der Waals surface area contributed by atoms with Crippen molar-refractivity contribution in [3.05, 3.63) is 29.3 Å². The molecule has 1 aromatic rings. The average molecular weight is 475 g/mol. The number of unbranched alkanes of at least 4 members (excludes halogenated alkanes) is 2. The Bertz CT molecular complexity index is 865. The quantitative estimate of drug-likeness (QED) is 0.345. The van der Waals surface area contributed by atoms with Crippen LogP contribution < -0.4 is 4.74 Å². The van der Waals surface area contributed by atoms with Crippen molar-refractivity contribution in [3.63, 3.8) is 0 Å². The summed E-state index contributed by atoms with van der Waals surface area (Å²) in [4.78, 5) is 34.5. The molecule has 1 N–H and O–H groups in total. The molecule has 0 spiro atoms. The maximum Gasteiger partial charge on any atom is 0.341 e. The summed E-state index contributed by atoms with van der Waals surface area (Å²) >= 11 is 0. The molecular weight excluding hydrogens is 436 g/mol. The van der Waals surface area contributed by atoms with Crippen molar-refractivity contribution in [1.29, 1.82) is 0 Å². The molecule has 0 aromatic heterocycles. The molecule has 3 rings (SSSR count). The van der Waals surface area contributed by atoms with Gasteiger partial charge in [-0.3, -0.25) is 9.59 Å². The third-order valence-corrected chi connectivity index (χ3v) is 7.27. The van der Waals surface area contributed by atoms with Gasteiger partial charge in [-0.25, -0.2) is 4.79 Å². The fraction of sp³-hybridized carbons (Fsp3) is 0.667. The van der Waals surface area contributed by atoms with Gasteiger partial charge in [0.05, 0.1) is 0 Å². The topological polar surface area (TPSA) is 99.1 Å². The third-order valence-electron chi connectivity index (χ3n) is 7.27. The number of carboxylic acids is 1. The van der Waals surface area contributed by atoms with E-state index in [0.717, 1.165) is 63.4 Å². The van der Waals surface area contributed by atoms with Crippen LogP contribution in [0.2, 0.25) is 0 Å². The Morgan fingerprint density at radius 2 is 1.88 bits per heavy atom. The Morgan fingerprint density at radius 3 is 2.56 bits per heavy atom. The van der Waals surface area contributed by atoms with Crippen molar-refractivity contribution in [3.8, 4) is 5.75 Å². The zero-order valence-corrected chi connectivity index (χ0v) is 20.6. The number of benzene rings is 1. The molecule has 0 radical (unpaired) electrons. The van der Waals surface area contributed by atoms with Gasteiger partial charge in [-0.2, -0.15) is 0 Å². The SMILES string of the molecule is CCCCC[C@@H](CC[C@@H]1[C@H]2Cc3cccc(OCC(=O)O)c3C[C@H]2C[C@H]1OC(C)=O)OC(C)=O. The first-order chi connectivity index (χ1) is 16.3. The summed E-state index contributed by atoms with van der Waals surface area (Å²) in [6, 6.07) is 5.83. The van der Waals surface area contributed by atoms with E-state index >= 15 is 0 Å². The van der Waals surface area contributed by atoms with Crippen molar-refractivity contribution in [2.45, 2.75) is 90.8 Å². The number of aliphatic carboxylic acids is 1. The minimum atomic E-state index is -0.997. The highest BCUT2D eigenvalue weighted by atomic mass is 16.5. The largest absolute Gasteiger partial charge is 0.482 e. The van der Waals surface area contributed by atoms with E-state index in [-0.39, 0.29) is 36.7 Å². The predicted molar refractivity (Wildman–Crippen MR) is 127 cm³/mol. The van der Waals surface area contributed by atoms with Crippen LogP contribution in [0.25, 0.3) is 0 Å². The van der Waals surface area contributed by atoms with Gasteiger partial charge in [-0.15, -0.1) is 0 Å². The van der Waals surface area contributed by atoms with Crippen LogP contribution in [0.15, 0.2) is 18.2 Å². The lowest BCUT2D eigenvalue weighted by Gasteiger charge is -2.33. The molecule has 188 valence electrons. The number of carbonyl (C=O) groups excluding carboxylic acids is 2. The number of ether oxygens (including phenoxy) is 3. The molecule has 2 aliphatic rings. The van der Waals surface area contributed by atoms with Gasteiger partial charge < -0.3 is 19.3 Å². The van der Waals surface area contributed by atoms with E-state index in [2.05, 4.69) is 13.0 Å². The standard InChI is InChI=1S/C27H38O7/c1-4-5-6-9-21(33-17(2)28)11-12-22-23-13-19-8-7-10-25(32-16-27(30)31)24(19)14-20(23)15-26(22)34-18(3)29/h7-8,10,20-23,26H,4-6,9,11-16H2,1-3H3,(H,30,31)/t20-,21-,22+,23-,26+/m0/s1. The molecule has 0 heterocycles. The number of carbonyl (C=O) groups is 3. The molecule has 0 amide bonds. The summed E-state index contributed by atoms with van der Waals surface area (Å²) in [6.07, 6.45) is 7.90. The molecular formula is C27H38O7. The first-order valence-electron chi connectivity index (χ1n) is 12.6. The molecule has 1 fully saturated rings. The van der Waals surface area contributed by atoms with Crippen molar-refractivity contribution in [1.82, 2.24) is 0 Å². The van der Waals surface area contributed by atoms with E-state index in [9.17, 15) is 14.4 Å². The minimum Gasteiger partial charge on any atom is -0.482 e. The van der Waals surface area contributed by atoms with Gasteiger partial charge in [0.25, 0.3) is 0 Å². The Balaban J connectivity index is 1.74. The predicted octanol–water partition coefficient (Wildman–Crippen LogP) is 4.72. The van der Waals surface area contributed by atoms with Crippen LogP contribution in [0.5, 0.6) is 5.75 Å². The van der Waals surface area contributed by atoms with Crippen LogP contribution >= 0.6 is 0 Å². The number of carboxylic acid groups (broad SMARTS) is 1. The molecule has 1 aromatic carbocycles. The molecule has 7 nitrogen and oxygen atoms in total. The van der Waals surface area contributed by atoms with E-state index in [4.69, 9.17) is 19.3 Å². The van der Waals surface area contributed by atoms with E-state index in [1.54, 1.807) is 0 Å². The van der Waals surface area contributed by atoms with Gasteiger partial charge in [0.15, 0.2) is 6.61 Å². The van der Waals surface area contributed by atoms with Crippen molar-refractivity contribution >= 4 is 17.9 Å². The van der Waals surface area contributed by atoms with Gasteiger partial charge in [-0.1, -0.05) is 31.9 Å². The number of esters is 2. The second-order valence-corrected chi connectivity index (χ2v) is 9.76. The van der Waals surface area contributed by atoms with Crippen molar-refractivity contribution in [2.75, 3.05) is 6.61 Å². The highest BCUT2D eigenvalue weighted by Gasteiger charge is 2.47. The first kappa shape index (κ1) is 26.0. The third kappa shape index (κ3) is 6.97. The first-order valence-corrected chi connectivity index (χ1v) is 12.6. The van der Waals surface area contributed by atoms with E-state index in [1.807, 2.05) is 12.1 Å². The highest BCUT2D eigenvalue weighted by Crippen LogP contribution is 2.49. The molecule has 0 saturated heterocycles. The number of fused-ring (bicyclic) bond motifs is 2. The van der Waals surface area contributed by atoms with Crippen LogP contribution in [0, 0.1) is 17.8 Å². The van der Waals surface area contributed by atoms with E-state index in [1.165, 1.54) is 19.4 Å². The second kappa shape index (κ2) is 12.2. The minimum absolute atomic E-state index is 0.104. The lowest BCUT2D eigenvalue weighted by Crippen LogP contribution is -2.30. The Labute approximate surface area is 202 Å². The van der Waals surface area contributed by atoms with E-state index < -0.39 is 5.97 Å². The van der Waals surface area contributed by atoms with Crippen LogP contribution in [0.4, 0.5) is 0 Å². The smallest absolute Gasteiger partial charge is 0.341 e. The van der Waals surface area contributed by atoms with E-state index in [0.29, 0.717) is 17.6 Å². The Hall–Kier alpha value is -2.57. The molecule has 1 saturated carbocycles. The van der Waals surface area contributed by atoms with Crippen LogP contribution in [0.3, 0.4) is 0 Å². The second-order valence-electron chi connectivity index (χ2n) is 9.76. The summed E-state index contributed by atoms with van der Waals surface area (Å²) in [5, 5.41) is 9.00. The summed E-state index contributed by atoms with van der Waals surface area (Å²) in [6.45, 7) is 4.71. The molecule has 34 heavy (non-hydrogen) atoms. The maximum absolute atomic E-state index is 11.9. The summed E-state index contributed by atoms with van der Waals surface area (Å²) < 4.78 is 17.0. The lowest BCUT2D eigenvalue weighted by molar-refractivity contribution is -0.149. The fourth-order valence-electron chi connectivity index (χ4n) is 5.90. The highest BCUT2D eigenvalue weighted by molar-refractivity contribution is 5.68. The number of hydrogen-bond acceptors (Lipinski definition) is 6. The zero-order valence-electron chi connectivity index (χ0n) is 20.6. The Morgan fingerprint density at radius 1 is 1.09 bits per heavy atom. The van der Waals surface area contributed by atoms with Gasteiger partial charge in [-0.05, 0) is 79.9 Å². The van der Waals surface area contributed by atoms with Crippen LogP contribution in [0.1, 0.15) is 76.8 Å². The van der Waals surface area contributed by atoms with Gasteiger partial charge in [0, 0.05) is 13.8 Å². The maximum atomic E-state index is 11.9. The molecule has 0 aliphatic heterocycles. The van der Waals surface area contributed by atoms with Crippen LogP contribution in [-0.2, 0) is 36.7 Å². The van der Waals surface area contributed by atoms with Crippen molar-refractivity contribution in [2.24, 2.45) is 17.8 Å². The lowest BCUT2D eigenvalue weighted by atomic mass is 9.73. The fourth-order valence-corrected chi connectivity index (χ4v) is 5.90. The van der Waals surface area contributed by atoms with Gasteiger partial charge >= 0.3 is 17.9 Å². The average Bonchev–Trinajstić information content (AvgIpc) is 3.09. The zero-order chi connectivity index (χ0) is 24.7. The monoisotopic (exact) mass is 474 g/mol. The molecule has 2 aliphatic carbocycles. The van der Waals surface area contributed by atoms with Gasteiger partial charge in [0.2, 0.25) is 0 Å². The van der Waals surface area contributed by atoms with Crippen LogP contribution in [-0.4, -0.2) is 41.8 Å². The summed E-state index contributed by atoms with van der Waals surface area (Å²) in [7, 11) is 0. The molecule has 0 bridgehead atoms. The number of hydrogen-bond donors (Lipinski definition) is 1. The Kier molecular flexibility index (Phi) is 9.36. The molecule has 0 unspecified atom stereocenters. The summed E-state index contributed by atoms with van der Waals surface area (Å²) in [5.74, 6) is 0.0257. The van der Waals surface area contributed by atoms with Crippen molar-refractivity contribution < 1.29 is 33.7 Å². The number of rotatable bonds is 12. The van der Waals surface area contributed by atoms with Gasteiger partial charge in [0.1, 0.15) is 18.0 Å².